The molecule has 0 saturated heterocycles. The van der Waals surface area contributed by atoms with Crippen LogP contribution in [0.1, 0.15) is 60.3 Å². The van der Waals surface area contributed by atoms with Crippen molar-refractivity contribution in [3.05, 3.63) is 0 Å². The lowest BCUT2D eigenvalue weighted by Crippen LogP contribution is -3.00. The average Bonchev–Trinajstić information content (AvgIpc) is 2.55. The van der Waals surface area contributed by atoms with Crippen molar-refractivity contribution in [1.82, 2.24) is 18.7 Å². The van der Waals surface area contributed by atoms with E-state index in [1.165, 1.54) is 38.8 Å². The first-order chi connectivity index (χ1) is 10.5. The second-order valence-corrected chi connectivity index (χ2v) is 9.81. The van der Waals surface area contributed by atoms with E-state index in [1.807, 2.05) is 0 Å². The SMILES string of the molecule is CCCCN(CCCC)[P+](N(C)CC)(N(C)CC)N(C)CC.[I-]. The second kappa shape index (κ2) is 14.2. The van der Waals surface area contributed by atoms with Crippen LogP contribution in [0.2, 0.25) is 0 Å². The molecule has 0 aromatic heterocycles. The molecule has 0 aliphatic rings. The Morgan fingerprint density at radius 2 is 0.913 bits per heavy atom. The van der Waals surface area contributed by atoms with E-state index in [2.05, 4.69) is 74.4 Å². The predicted molar refractivity (Wildman–Crippen MR) is 103 cm³/mol. The number of hydrogen-bond acceptors (Lipinski definition) is 4. The summed E-state index contributed by atoms with van der Waals surface area (Å²) in [5, 5.41) is 0. The minimum absolute atomic E-state index is 0. The van der Waals surface area contributed by atoms with E-state index in [0.29, 0.717) is 0 Å². The first-order valence-corrected chi connectivity index (χ1v) is 10.9. The standard InChI is InChI=1S/C17H42N4P.HI/c1-9-14-16-21(17-15-10-2)22(18(6)11-3,19(7)12-4)20(8)13-5;/h9-17H2,1-8H3;1H/q+1;/p-1. The van der Waals surface area contributed by atoms with Gasteiger partial charge in [-0.15, -0.1) is 18.7 Å². The van der Waals surface area contributed by atoms with Gasteiger partial charge in [0.15, 0.2) is 0 Å². The van der Waals surface area contributed by atoms with Crippen LogP contribution in [0.25, 0.3) is 0 Å². The van der Waals surface area contributed by atoms with Gasteiger partial charge in [-0.2, -0.15) is 0 Å². The van der Waals surface area contributed by atoms with Crippen LogP contribution in [0.5, 0.6) is 0 Å². The van der Waals surface area contributed by atoms with Crippen molar-refractivity contribution in [2.24, 2.45) is 0 Å². The van der Waals surface area contributed by atoms with Crippen molar-refractivity contribution in [3.8, 4) is 0 Å². The zero-order valence-electron chi connectivity index (χ0n) is 17.0. The van der Waals surface area contributed by atoms with E-state index < -0.39 is 7.87 Å². The van der Waals surface area contributed by atoms with Crippen molar-refractivity contribution in [3.63, 3.8) is 0 Å². The number of rotatable bonds is 13. The third-order valence-corrected chi connectivity index (χ3v) is 9.42. The molecule has 6 heteroatoms. The summed E-state index contributed by atoms with van der Waals surface area (Å²) < 4.78 is 10.7. The maximum absolute atomic E-state index is 2.82. The quantitative estimate of drug-likeness (QED) is 0.305. The number of unbranched alkanes of at least 4 members (excludes halogenated alkanes) is 2. The molecule has 0 atom stereocenters. The second-order valence-electron chi connectivity index (χ2n) is 6.12. The van der Waals surface area contributed by atoms with Crippen LogP contribution >= 0.6 is 7.87 Å². The van der Waals surface area contributed by atoms with E-state index in [4.69, 9.17) is 0 Å². The number of halogens is 1. The average molecular weight is 460 g/mol. The molecule has 0 aliphatic carbocycles. The summed E-state index contributed by atoms with van der Waals surface area (Å²) in [6.07, 6.45) is 5.12. The summed E-state index contributed by atoms with van der Waals surface area (Å²) in [5.74, 6) is 0. The summed E-state index contributed by atoms with van der Waals surface area (Å²) in [7, 11) is 5.34. The molecule has 0 amide bonds. The highest BCUT2D eigenvalue weighted by Crippen LogP contribution is 2.68. The van der Waals surface area contributed by atoms with Crippen LogP contribution in [-0.2, 0) is 0 Å². The normalized spacial score (nSPS) is 12.5. The Bertz CT molecular complexity index is 247. The van der Waals surface area contributed by atoms with Crippen LogP contribution in [0.4, 0.5) is 0 Å². The molecule has 23 heavy (non-hydrogen) atoms. The first kappa shape index (κ1) is 26.2. The Morgan fingerprint density at radius 1 is 0.609 bits per heavy atom. The Morgan fingerprint density at radius 3 is 1.13 bits per heavy atom. The largest absolute Gasteiger partial charge is 1.00 e. The Labute approximate surface area is 164 Å². The fraction of sp³-hybridized carbons (Fsp3) is 1.00. The van der Waals surface area contributed by atoms with Gasteiger partial charge in [0.2, 0.25) is 0 Å². The van der Waals surface area contributed by atoms with Gasteiger partial charge in [-0.25, -0.2) is 0 Å². The van der Waals surface area contributed by atoms with Crippen LogP contribution in [0.15, 0.2) is 0 Å². The lowest BCUT2D eigenvalue weighted by molar-refractivity contribution is -0.00000544. The van der Waals surface area contributed by atoms with Gasteiger partial charge in [-0.3, -0.25) is 0 Å². The van der Waals surface area contributed by atoms with E-state index in [-0.39, 0.29) is 24.0 Å². The summed E-state index contributed by atoms with van der Waals surface area (Å²) >= 11 is 0. The summed E-state index contributed by atoms with van der Waals surface area (Å²) in [4.78, 5) is 0. The van der Waals surface area contributed by atoms with Crippen molar-refractivity contribution in [2.75, 3.05) is 53.9 Å². The Hall–Kier alpha value is 1.00. The first-order valence-electron chi connectivity index (χ1n) is 9.26. The predicted octanol–water partition coefficient (Wildman–Crippen LogP) is 1.43. The molecule has 0 N–H and O–H groups in total. The fourth-order valence-corrected chi connectivity index (χ4v) is 7.88. The highest BCUT2D eigenvalue weighted by atomic mass is 127. The zero-order chi connectivity index (χ0) is 17.2. The zero-order valence-corrected chi connectivity index (χ0v) is 20.0. The summed E-state index contributed by atoms with van der Waals surface area (Å²) in [6, 6.07) is 0. The molecule has 0 fully saturated rings. The van der Waals surface area contributed by atoms with Crippen LogP contribution in [0.3, 0.4) is 0 Å². The van der Waals surface area contributed by atoms with Crippen LogP contribution in [0, 0.1) is 0 Å². The van der Waals surface area contributed by atoms with Gasteiger partial charge in [0, 0.05) is 53.9 Å². The molecule has 0 rings (SSSR count). The van der Waals surface area contributed by atoms with E-state index >= 15 is 0 Å². The Balaban J connectivity index is 0. The number of hydrogen-bond donors (Lipinski definition) is 0. The smallest absolute Gasteiger partial charge is 0.307 e. The van der Waals surface area contributed by atoms with Gasteiger partial charge in [0.25, 0.3) is 0 Å². The molecule has 0 radical (unpaired) electrons. The minimum atomic E-state index is -1.61. The van der Waals surface area contributed by atoms with Gasteiger partial charge < -0.3 is 24.0 Å². The van der Waals surface area contributed by atoms with Crippen molar-refractivity contribution in [1.29, 1.82) is 0 Å². The molecule has 0 spiro atoms. The fourth-order valence-electron chi connectivity index (χ4n) is 3.06. The monoisotopic (exact) mass is 460 g/mol. The van der Waals surface area contributed by atoms with Crippen LogP contribution < -0.4 is 24.0 Å². The van der Waals surface area contributed by atoms with Crippen molar-refractivity contribution in [2.45, 2.75) is 60.3 Å². The molecule has 4 nitrogen and oxygen atoms in total. The summed E-state index contributed by atoms with van der Waals surface area (Å²) in [6.45, 7) is 17.2. The summed E-state index contributed by atoms with van der Waals surface area (Å²) in [5.41, 5.74) is 0. The van der Waals surface area contributed by atoms with Gasteiger partial charge >= 0.3 is 7.87 Å². The molecular formula is C17H42IN4P. The van der Waals surface area contributed by atoms with Gasteiger partial charge in [0.1, 0.15) is 0 Å². The lowest BCUT2D eigenvalue weighted by Gasteiger charge is -2.48. The molecular weight excluding hydrogens is 418 g/mol. The molecule has 0 aromatic carbocycles. The molecule has 0 aromatic rings. The van der Waals surface area contributed by atoms with E-state index in [9.17, 15) is 0 Å². The number of nitrogens with zero attached hydrogens (tertiary/aromatic N) is 4. The maximum Gasteiger partial charge on any atom is 0.307 e. The minimum Gasteiger partial charge on any atom is -1.00 e. The van der Waals surface area contributed by atoms with Gasteiger partial charge in [-0.1, -0.05) is 26.7 Å². The van der Waals surface area contributed by atoms with Crippen molar-refractivity contribution < 1.29 is 24.0 Å². The van der Waals surface area contributed by atoms with Gasteiger partial charge in [0.05, 0.1) is 0 Å². The highest BCUT2D eigenvalue weighted by molar-refractivity contribution is 7.66. The third-order valence-electron chi connectivity index (χ3n) is 4.67. The molecule has 0 bridgehead atoms. The molecule has 0 saturated carbocycles. The molecule has 0 heterocycles. The van der Waals surface area contributed by atoms with E-state index in [1.54, 1.807) is 0 Å². The van der Waals surface area contributed by atoms with Crippen LogP contribution in [-0.4, -0.2) is 72.5 Å². The molecule has 142 valence electrons. The molecule has 0 aliphatic heterocycles. The lowest BCUT2D eigenvalue weighted by atomic mass is 10.3. The third kappa shape index (κ3) is 6.67. The van der Waals surface area contributed by atoms with Gasteiger partial charge in [-0.05, 0) is 33.6 Å². The topological polar surface area (TPSA) is 13.0 Å². The van der Waals surface area contributed by atoms with E-state index in [0.717, 1.165) is 19.6 Å². The maximum atomic E-state index is 2.82. The Kier molecular flexibility index (Phi) is 16.2. The van der Waals surface area contributed by atoms with Crippen molar-refractivity contribution >= 4 is 7.87 Å². The molecule has 0 unspecified atom stereocenters. The highest BCUT2D eigenvalue weighted by Gasteiger charge is 2.56.